The first-order chi connectivity index (χ1) is 9.95. The van der Waals surface area contributed by atoms with E-state index in [1.807, 2.05) is 18.7 Å². The summed E-state index contributed by atoms with van der Waals surface area (Å²) in [4.78, 5) is 25.0. The maximum absolute atomic E-state index is 12.5. The number of carbonyl (C=O) groups excluding carboxylic acids is 1. The monoisotopic (exact) mass is 296 g/mol. The van der Waals surface area contributed by atoms with Crippen molar-refractivity contribution in [3.63, 3.8) is 0 Å². The van der Waals surface area contributed by atoms with Crippen LogP contribution >= 0.6 is 0 Å². The van der Waals surface area contributed by atoms with Crippen molar-refractivity contribution < 1.29 is 14.7 Å². The Balaban J connectivity index is 1.82. The van der Waals surface area contributed by atoms with E-state index in [2.05, 4.69) is 5.32 Å². The van der Waals surface area contributed by atoms with Gasteiger partial charge < -0.3 is 15.3 Å². The Bertz CT molecular complexity index is 372. The highest BCUT2D eigenvalue weighted by Gasteiger charge is 2.35. The predicted molar refractivity (Wildman–Crippen MR) is 81.0 cm³/mol. The molecule has 2 fully saturated rings. The number of amides is 1. The molecule has 0 saturated carbocycles. The van der Waals surface area contributed by atoms with Gasteiger partial charge in [0.2, 0.25) is 5.91 Å². The topological polar surface area (TPSA) is 69.6 Å². The number of aliphatic carboxylic acids is 1. The Morgan fingerprint density at radius 2 is 1.86 bits per heavy atom. The van der Waals surface area contributed by atoms with Gasteiger partial charge in [-0.25, -0.2) is 0 Å². The molecule has 0 aromatic carbocycles. The summed E-state index contributed by atoms with van der Waals surface area (Å²) in [6.07, 6.45) is 6.03. The van der Waals surface area contributed by atoms with E-state index < -0.39 is 5.97 Å². The highest BCUT2D eigenvalue weighted by molar-refractivity contribution is 5.77. The fourth-order valence-corrected chi connectivity index (χ4v) is 3.78. The van der Waals surface area contributed by atoms with Crippen LogP contribution in [-0.4, -0.2) is 46.6 Å². The summed E-state index contributed by atoms with van der Waals surface area (Å²) in [6, 6.07) is 1.37. The van der Waals surface area contributed by atoms with Crippen molar-refractivity contribution in [2.45, 2.75) is 76.9 Å². The van der Waals surface area contributed by atoms with Crippen LogP contribution in [0.3, 0.4) is 0 Å². The third kappa shape index (κ3) is 4.70. The van der Waals surface area contributed by atoms with Gasteiger partial charge in [-0.15, -0.1) is 0 Å². The molecule has 2 saturated heterocycles. The van der Waals surface area contributed by atoms with Crippen LogP contribution in [-0.2, 0) is 9.59 Å². The lowest BCUT2D eigenvalue weighted by molar-refractivity contribution is -0.139. The summed E-state index contributed by atoms with van der Waals surface area (Å²) < 4.78 is 0. The van der Waals surface area contributed by atoms with Crippen molar-refractivity contribution >= 4 is 11.9 Å². The zero-order valence-electron chi connectivity index (χ0n) is 13.2. The number of hydrogen-bond donors (Lipinski definition) is 2. The number of nitrogens with zero attached hydrogens (tertiary/aromatic N) is 1. The molecule has 21 heavy (non-hydrogen) atoms. The standard InChI is InChI=1S/C16H28N2O3/c1-11(2)18(7-3-4-16(20)21)15(19)10-12-8-13-5-6-14(9-12)17-13/h11-14,17H,3-10H2,1-2H3,(H,20,21). The van der Waals surface area contributed by atoms with Crippen LogP contribution in [0.4, 0.5) is 0 Å². The molecule has 2 heterocycles. The van der Waals surface area contributed by atoms with Gasteiger partial charge in [0.25, 0.3) is 0 Å². The van der Waals surface area contributed by atoms with Crippen LogP contribution in [0.15, 0.2) is 0 Å². The van der Waals surface area contributed by atoms with Gasteiger partial charge in [-0.05, 0) is 51.9 Å². The van der Waals surface area contributed by atoms with E-state index in [4.69, 9.17) is 5.11 Å². The number of carbonyl (C=O) groups is 2. The number of carboxylic acid groups (broad SMARTS) is 1. The quantitative estimate of drug-likeness (QED) is 0.754. The summed E-state index contributed by atoms with van der Waals surface area (Å²) in [5.74, 6) is -0.0975. The number of nitrogens with one attached hydrogen (secondary N) is 1. The molecular formula is C16H28N2O3. The number of piperidine rings is 1. The molecule has 5 heteroatoms. The maximum Gasteiger partial charge on any atom is 0.303 e. The minimum absolute atomic E-state index is 0.133. The molecule has 2 rings (SSSR count). The van der Waals surface area contributed by atoms with E-state index in [9.17, 15) is 9.59 Å². The first-order valence-corrected chi connectivity index (χ1v) is 8.23. The zero-order valence-corrected chi connectivity index (χ0v) is 13.2. The Kier molecular flexibility index (Phi) is 5.62. The Hall–Kier alpha value is -1.10. The molecule has 2 atom stereocenters. The molecule has 5 nitrogen and oxygen atoms in total. The van der Waals surface area contributed by atoms with Gasteiger partial charge in [0, 0.05) is 37.5 Å². The average Bonchev–Trinajstić information content (AvgIpc) is 2.73. The molecule has 120 valence electrons. The van der Waals surface area contributed by atoms with E-state index in [1.165, 1.54) is 12.8 Å². The second-order valence-corrected chi connectivity index (χ2v) is 6.86. The second-order valence-electron chi connectivity index (χ2n) is 6.86. The van der Waals surface area contributed by atoms with Gasteiger partial charge in [0.15, 0.2) is 0 Å². The summed E-state index contributed by atoms with van der Waals surface area (Å²) in [7, 11) is 0. The van der Waals surface area contributed by atoms with Crippen LogP contribution in [0.2, 0.25) is 0 Å². The van der Waals surface area contributed by atoms with Crippen molar-refractivity contribution in [1.82, 2.24) is 10.2 Å². The largest absolute Gasteiger partial charge is 0.481 e. The molecule has 2 unspecified atom stereocenters. The second kappa shape index (κ2) is 7.25. The average molecular weight is 296 g/mol. The molecule has 2 bridgehead atoms. The maximum atomic E-state index is 12.5. The number of carboxylic acids is 1. The van der Waals surface area contributed by atoms with Crippen LogP contribution < -0.4 is 5.32 Å². The van der Waals surface area contributed by atoms with Crippen molar-refractivity contribution in [3.05, 3.63) is 0 Å². The molecule has 0 radical (unpaired) electrons. The molecule has 1 amide bonds. The summed E-state index contributed by atoms with van der Waals surface area (Å²) in [6.45, 7) is 4.57. The molecule has 2 aliphatic rings. The van der Waals surface area contributed by atoms with Crippen LogP contribution in [0.25, 0.3) is 0 Å². The lowest BCUT2D eigenvalue weighted by Gasteiger charge is -2.32. The number of rotatable bonds is 7. The molecule has 0 spiro atoms. The van der Waals surface area contributed by atoms with Crippen LogP contribution in [0.5, 0.6) is 0 Å². The Morgan fingerprint density at radius 3 is 2.38 bits per heavy atom. The zero-order chi connectivity index (χ0) is 15.4. The summed E-state index contributed by atoms with van der Waals surface area (Å²) in [5.41, 5.74) is 0. The van der Waals surface area contributed by atoms with Crippen LogP contribution in [0.1, 0.15) is 58.8 Å². The van der Waals surface area contributed by atoms with Crippen molar-refractivity contribution in [2.75, 3.05) is 6.54 Å². The fraction of sp³-hybridized carbons (Fsp3) is 0.875. The molecule has 0 aromatic heterocycles. The summed E-state index contributed by atoms with van der Waals surface area (Å²) in [5, 5.41) is 12.3. The van der Waals surface area contributed by atoms with E-state index >= 15 is 0 Å². The van der Waals surface area contributed by atoms with Crippen molar-refractivity contribution in [2.24, 2.45) is 5.92 Å². The Labute approximate surface area is 127 Å². The SMILES string of the molecule is CC(C)N(CCCC(=O)O)C(=O)CC1CC2CCC(C1)N2. The fourth-order valence-electron chi connectivity index (χ4n) is 3.78. The van der Waals surface area contributed by atoms with E-state index in [0.717, 1.165) is 12.8 Å². The van der Waals surface area contributed by atoms with Gasteiger partial charge in [-0.2, -0.15) is 0 Å². The third-order valence-corrected chi connectivity index (χ3v) is 4.77. The first-order valence-electron chi connectivity index (χ1n) is 8.23. The number of fused-ring (bicyclic) bond motifs is 2. The molecule has 2 aliphatic heterocycles. The first kappa shape index (κ1) is 16.3. The highest BCUT2D eigenvalue weighted by Crippen LogP contribution is 2.33. The van der Waals surface area contributed by atoms with Crippen LogP contribution in [0, 0.1) is 5.92 Å². The minimum Gasteiger partial charge on any atom is -0.481 e. The smallest absolute Gasteiger partial charge is 0.303 e. The van der Waals surface area contributed by atoms with Gasteiger partial charge in [0.1, 0.15) is 0 Å². The minimum atomic E-state index is -0.791. The van der Waals surface area contributed by atoms with Gasteiger partial charge >= 0.3 is 5.97 Å². The summed E-state index contributed by atoms with van der Waals surface area (Å²) >= 11 is 0. The highest BCUT2D eigenvalue weighted by atomic mass is 16.4. The lowest BCUT2D eigenvalue weighted by Crippen LogP contribution is -2.42. The molecular weight excluding hydrogens is 268 g/mol. The van der Waals surface area contributed by atoms with Crippen molar-refractivity contribution in [1.29, 1.82) is 0 Å². The number of hydrogen-bond acceptors (Lipinski definition) is 3. The van der Waals surface area contributed by atoms with E-state index in [-0.39, 0.29) is 18.4 Å². The molecule has 0 aromatic rings. The lowest BCUT2D eigenvalue weighted by atomic mass is 9.89. The third-order valence-electron chi connectivity index (χ3n) is 4.77. The predicted octanol–water partition coefficient (Wildman–Crippen LogP) is 2.01. The van der Waals surface area contributed by atoms with E-state index in [0.29, 0.717) is 37.4 Å². The van der Waals surface area contributed by atoms with E-state index in [1.54, 1.807) is 0 Å². The van der Waals surface area contributed by atoms with Gasteiger partial charge in [-0.1, -0.05) is 0 Å². The molecule has 0 aliphatic carbocycles. The van der Waals surface area contributed by atoms with Crippen molar-refractivity contribution in [3.8, 4) is 0 Å². The van der Waals surface area contributed by atoms with Gasteiger partial charge in [-0.3, -0.25) is 9.59 Å². The molecule has 2 N–H and O–H groups in total. The van der Waals surface area contributed by atoms with Gasteiger partial charge in [0.05, 0.1) is 0 Å². The Morgan fingerprint density at radius 1 is 1.24 bits per heavy atom. The normalized spacial score (nSPS) is 27.9.